The molecule has 5 N–H and O–H groups in total. The lowest BCUT2D eigenvalue weighted by Crippen LogP contribution is -2.08. The summed E-state index contributed by atoms with van der Waals surface area (Å²) in [6, 6.07) is 18.3. The number of fused-ring (bicyclic) bond motifs is 1. The number of aromatic amines is 1. The van der Waals surface area contributed by atoms with Crippen molar-refractivity contribution < 1.29 is 0 Å². The van der Waals surface area contributed by atoms with Crippen molar-refractivity contribution in [1.82, 2.24) is 20.2 Å². The van der Waals surface area contributed by atoms with Gasteiger partial charge in [0.05, 0.1) is 0 Å². The van der Waals surface area contributed by atoms with Crippen LogP contribution >= 0.6 is 0 Å². The fraction of sp³-hybridized carbons (Fsp3) is 0.150. The highest BCUT2D eigenvalue weighted by molar-refractivity contribution is 5.97. The minimum absolute atomic E-state index is 0.0934. The van der Waals surface area contributed by atoms with E-state index in [-0.39, 0.29) is 6.04 Å². The second-order valence-corrected chi connectivity index (χ2v) is 6.32. The van der Waals surface area contributed by atoms with Gasteiger partial charge in [0.25, 0.3) is 0 Å². The van der Waals surface area contributed by atoms with Crippen molar-refractivity contribution in [2.75, 3.05) is 10.6 Å². The summed E-state index contributed by atoms with van der Waals surface area (Å²) in [5.74, 6) is 1.47. The number of aromatic nitrogens is 4. The minimum Gasteiger partial charge on any atom is -0.363 e. The van der Waals surface area contributed by atoms with E-state index in [1.54, 1.807) is 0 Å². The highest BCUT2D eigenvalue weighted by Crippen LogP contribution is 2.30. The summed E-state index contributed by atoms with van der Waals surface area (Å²) in [5, 5.41) is 14.9. The van der Waals surface area contributed by atoms with Crippen molar-refractivity contribution in [1.29, 1.82) is 0 Å². The number of nitrogens with one attached hydrogen (secondary N) is 3. The molecule has 0 saturated carbocycles. The molecule has 0 aliphatic carbocycles. The SMILES string of the molecule is C[C@H](Nc1ncnc2n[nH]c(Nc3ccc(CN)cc3)c12)c1ccccc1. The third-order valence-corrected chi connectivity index (χ3v) is 4.46. The molecule has 2 aromatic heterocycles. The molecule has 136 valence electrons. The van der Waals surface area contributed by atoms with Crippen LogP contribution in [0.1, 0.15) is 24.1 Å². The largest absolute Gasteiger partial charge is 0.363 e. The first-order chi connectivity index (χ1) is 13.2. The van der Waals surface area contributed by atoms with Crippen LogP contribution in [-0.4, -0.2) is 20.2 Å². The normalized spacial score (nSPS) is 12.1. The van der Waals surface area contributed by atoms with Crippen LogP contribution in [0.15, 0.2) is 60.9 Å². The standard InChI is InChI=1S/C20H21N7/c1-13(15-5-3-2-4-6-15)24-18-17-19(23-12-22-18)26-27-20(17)25-16-9-7-14(11-21)8-10-16/h2-10,12-13H,11,21H2,1H3,(H3,22,23,24,25,26,27)/t13-/m0/s1. The van der Waals surface area contributed by atoms with Gasteiger partial charge in [-0.3, -0.25) is 5.10 Å². The number of H-pyrrole nitrogens is 1. The smallest absolute Gasteiger partial charge is 0.188 e. The van der Waals surface area contributed by atoms with E-state index in [1.807, 2.05) is 42.5 Å². The molecule has 0 radical (unpaired) electrons. The Hall–Kier alpha value is -3.45. The molecule has 0 spiro atoms. The highest BCUT2D eigenvalue weighted by Gasteiger charge is 2.15. The molecule has 0 fully saturated rings. The second-order valence-electron chi connectivity index (χ2n) is 6.32. The van der Waals surface area contributed by atoms with Crippen LogP contribution in [-0.2, 0) is 6.54 Å². The van der Waals surface area contributed by atoms with Crippen LogP contribution in [0.2, 0.25) is 0 Å². The molecule has 0 aliphatic heterocycles. The number of rotatable bonds is 6. The lowest BCUT2D eigenvalue weighted by molar-refractivity contribution is 0.876. The Labute approximate surface area is 157 Å². The lowest BCUT2D eigenvalue weighted by Gasteiger charge is -2.16. The maximum absolute atomic E-state index is 5.66. The summed E-state index contributed by atoms with van der Waals surface area (Å²) in [5.41, 5.74) is 9.46. The number of anilines is 3. The van der Waals surface area contributed by atoms with Crippen molar-refractivity contribution in [3.8, 4) is 0 Å². The van der Waals surface area contributed by atoms with E-state index in [9.17, 15) is 0 Å². The van der Waals surface area contributed by atoms with Crippen LogP contribution in [0.3, 0.4) is 0 Å². The molecule has 0 amide bonds. The van der Waals surface area contributed by atoms with Crippen molar-refractivity contribution in [3.05, 3.63) is 72.1 Å². The van der Waals surface area contributed by atoms with Crippen LogP contribution in [0.25, 0.3) is 11.0 Å². The predicted octanol–water partition coefficient (Wildman–Crippen LogP) is 3.73. The van der Waals surface area contributed by atoms with E-state index < -0.39 is 0 Å². The predicted molar refractivity (Wildman–Crippen MR) is 108 cm³/mol. The van der Waals surface area contributed by atoms with E-state index in [4.69, 9.17) is 5.73 Å². The third kappa shape index (κ3) is 3.58. The lowest BCUT2D eigenvalue weighted by atomic mass is 10.1. The van der Waals surface area contributed by atoms with Gasteiger partial charge in [0.2, 0.25) is 0 Å². The Morgan fingerprint density at radius 1 is 1.04 bits per heavy atom. The summed E-state index contributed by atoms with van der Waals surface area (Å²) in [6.45, 7) is 2.62. The molecule has 0 saturated heterocycles. The van der Waals surface area contributed by atoms with Gasteiger partial charge in [-0.15, -0.1) is 0 Å². The Balaban J connectivity index is 1.64. The second kappa shape index (κ2) is 7.43. The molecule has 0 bridgehead atoms. The van der Waals surface area contributed by atoms with Crippen LogP contribution in [0, 0.1) is 0 Å². The molecule has 27 heavy (non-hydrogen) atoms. The van der Waals surface area contributed by atoms with Crippen molar-refractivity contribution in [2.24, 2.45) is 5.73 Å². The fourth-order valence-corrected chi connectivity index (χ4v) is 2.95. The van der Waals surface area contributed by atoms with Gasteiger partial charge in [-0.05, 0) is 30.2 Å². The first kappa shape index (κ1) is 17.0. The molecular formula is C20H21N7. The molecule has 4 rings (SSSR count). The van der Waals surface area contributed by atoms with E-state index in [0.29, 0.717) is 12.2 Å². The molecule has 0 aliphatic rings. The summed E-state index contributed by atoms with van der Waals surface area (Å²) in [4.78, 5) is 8.70. The first-order valence-electron chi connectivity index (χ1n) is 8.81. The molecule has 7 heteroatoms. The highest BCUT2D eigenvalue weighted by atomic mass is 15.2. The van der Waals surface area contributed by atoms with Gasteiger partial charge in [0.1, 0.15) is 23.3 Å². The zero-order chi connectivity index (χ0) is 18.6. The van der Waals surface area contributed by atoms with E-state index in [2.05, 4.69) is 49.9 Å². The van der Waals surface area contributed by atoms with Crippen LogP contribution in [0.4, 0.5) is 17.3 Å². The van der Waals surface area contributed by atoms with Gasteiger partial charge in [0.15, 0.2) is 5.65 Å². The van der Waals surface area contributed by atoms with Crippen LogP contribution < -0.4 is 16.4 Å². The number of benzene rings is 2. The molecule has 0 unspecified atom stereocenters. The Morgan fingerprint density at radius 3 is 2.56 bits per heavy atom. The Morgan fingerprint density at radius 2 is 1.81 bits per heavy atom. The monoisotopic (exact) mass is 359 g/mol. The third-order valence-electron chi connectivity index (χ3n) is 4.46. The summed E-state index contributed by atoms with van der Waals surface area (Å²) in [6.07, 6.45) is 1.52. The van der Waals surface area contributed by atoms with Gasteiger partial charge in [-0.25, -0.2) is 9.97 Å². The quantitative estimate of drug-likeness (QED) is 0.418. The topological polar surface area (TPSA) is 105 Å². The van der Waals surface area contributed by atoms with Crippen molar-refractivity contribution >= 4 is 28.4 Å². The molecule has 2 heterocycles. The van der Waals surface area contributed by atoms with Gasteiger partial charge in [-0.1, -0.05) is 42.5 Å². The average Bonchev–Trinajstić information content (AvgIpc) is 3.13. The number of nitrogens with two attached hydrogens (primary N) is 1. The molecule has 1 atom stereocenters. The molecule has 4 aromatic rings. The number of hydrogen-bond donors (Lipinski definition) is 4. The van der Waals surface area contributed by atoms with Gasteiger partial charge in [0, 0.05) is 18.3 Å². The van der Waals surface area contributed by atoms with E-state index in [0.717, 1.165) is 28.3 Å². The molecule has 2 aromatic carbocycles. The first-order valence-corrected chi connectivity index (χ1v) is 8.81. The number of hydrogen-bond acceptors (Lipinski definition) is 6. The fourth-order valence-electron chi connectivity index (χ4n) is 2.95. The van der Waals surface area contributed by atoms with Gasteiger partial charge >= 0.3 is 0 Å². The van der Waals surface area contributed by atoms with Gasteiger partial charge in [-0.2, -0.15) is 5.10 Å². The molecular weight excluding hydrogens is 338 g/mol. The molecule has 7 nitrogen and oxygen atoms in total. The van der Waals surface area contributed by atoms with Crippen molar-refractivity contribution in [2.45, 2.75) is 19.5 Å². The Bertz CT molecular complexity index is 1030. The summed E-state index contributed by atoms with van der Waals surface area (Å²) < 4.78 is 0. The summed E-state index contributed by atoms with van der Waals surface area (Å²) >= 11 is 0. The zero-order valence-corrected chi connectivity index (χ0v) is 15.0. The van der Waals surface area contributed by atoms with Crippen molar-refractivity contribution in [3.63, 3.8) is 0 Å². The van der Waals surface area contributed by atoms with E-state index >= 15 is 0 Å². The minimum atomic E-state index is 0.0934. The maximum atomic E-state index is 5.66. The number of nitrogens with zero attached hydrogens (tertiary/aromatic N) is 3. The average molecular weight is 359 g/mol. The zero-order valence-electron chi connectivity index (χ0n) is 15.0. The van der Waals surface area contributed by atoms with Gasteiger partial charge < -0.3 is 16.4 Å². The Kier molecular flexibility index (Phi) is 4.67. The van der Waals surface area contributed by atoms with Crippen LogP contribution in [0.5, 0.6) is 0 Å². The summed E-state index contributed by atoms with van der Waals surface area (Å²) in [7, 11) is 0. The maximum Gasteiger partial charge on any atom is 0.188 e. The van der Waals surface area contributed by atoms with E-state index in [1.165, 1.54) is 11.9 Å².